The standard InChI is InChI=1S/C16H16N5O/c17-12-13-5-6-18-16(11-13)21-9-7-20(8-10-21)15-3-1-14(19-22)2-4-15/h1-6,11,19H,7-10H2/q-1. The van der Waals surface area contributed by atoms with Crippen LogP contribution in [0.15, 0.2) is 42.6 Å². The van der Waals surface area contributed by atoms with Gasteiger partial charge in [-0.25, -0.2) is 4.98 Å². The van der Waals surface area contributed by atoms with Gasteiger partial charge in [-0.1, -0.05) is 0 Å². The Morgan fingerprint density at radius 1 is 1.05 bits per heavy atom. The quantitative estimate of drug-likeness (QED) is 0.874. The zero-order chi connectivity index (χ0) is 15.4. The maximum atomic E-state index is 10.6. The first-order valence-electron chi connectivity index (χ1n) is 7.14. The molecule has 2 aromatic rings. The minimum Gasteiger partial charge on any atom is -0.761 e. The molecule has 0 radical (unpaired) electrons. The Morgan fingerprint density at radius 3 is 2.36 bits per heavy atom. The van der Waals surface area contributed by atoms with Gasteiger partial charge >= 0.3 is 0 Å². The van der Waals surface area contributed by atoms with Crippen LogP contribution in [0.1, 0.15) is 5.56 Å². The minimum absolute atomic E-state index is 0.569. The fourth-order valence-electron chi connectivity index (χ4n) is 2.59. The maximum Gasteiger partial charge on any atom is 0.129 e. The molecule has 0 atom stereocenters. The van der Waals surface area contributed by atoms with Crippen LogP contribution in [0.3, 0.4) is 0 Å². The number of benzene rings is 1. The largest absolute Gasteiger partial charge is 0.761 e. The van der Waals surface area contributed by atoms with Crippen LogP contribution < -0.4 is 15.3 Å². The first-order chi connectivity index (χ1) is 10.8. The molecule has 6 heteroatoms. The summed E-state index contributed by atoms with van der Waals surface area (Å²) in [5, 5.41) is 19.5. The molecule has 22 heavy (non-hydrogen) atoms. The average molecular weight is 294 g/mol. The molecule has 1 N–H and O–H groups in total. The normalized spacial score (nSPS) is 14.5. The first kappa shape index (κ1) is 14.2. The van der Waals surface area contributed by atoms with Gasteiger partial charge in [0.2, 0.25) is 0 Å². The van der Waals surface area contributed by atoms with Crippen molar-refractivity contribution in [3.05, 3.63) is 53.4 Å². The summed E-state index contributed by atoms with van der Waals surface area (Å²) in [7, 11) is 0. The van der Waals surface area contributed by atoms with Crippen molar-refractivity contribution < 1.29 is 0 Å². The summed E-state index contributed by atoms with van der Waals surface area (Å²) in [4.78, 5) is 8.81. The third kappa shape index (κ3) is 2.95. The Kier molecular flexibility index (Phi) is 4.08. The van der Waals surface area contributed by atoms with E-state index in [1.54, 1.807) is 24.4 Å². The predicted octanol–water partition coefficient (Wildman–Crippen LogP) is 2.19. The fourth-order valence-corrected chi connectivity index (χ4v) is 2.59. The molecule has 2 heterocycles. The highest BCUT2D eigenvalue weighted by molar-refractivity contribution is 5.56. The molecule has 3 rings (SSSR count). The molecule has 0 amide bonds. The van der Waals surface area contributed by atoms with Crippen molar-refractivity contribution in [3.63, 3.8) is 0 Å². The number of nitrogens with one attached hydrogen (secondary N) is 1. The van der Waals surface area contributed by atoms with Gasteiger partial charge in [-0.2, -0.15) is 5.26 Å². The van der Waals surface area contributed by atoms with Crippen molar-refractivity contribution in [1.82, 2.24) is 4.98 Å². The second-order valence-electron chi connectivity index (χ2n) is 5.14. The number of anilines is 3. The van der Waals surface area contributed by atoms with E-state index in [0.717, 1.165) is 37.7 Å². The van der Waals surface area contributed by atoms with E-state index in [0.29, 0.717) is 11.3 Å². The van der Waals surface area contributed by atoms with Crippen LogP contribution in [0.4, 0.5) is 17.2 Å². The van der Waals surface area contributed by atoms with Gasteiger partial charge in [0, 0.05) is 43.8 Å². The lowest BCUT2D eigenvalue weighted by Gasteiger charge is -2.36. The second-order valence-corrected chi connectivity index (χ2v) is 5.14. The van der Waals surface area contributed by atoms with E-state index < -0.39 is 0 Å². The molecule has 0 unspecified atom stereocenters. The highest BCUT2D eigenvalue weighted by Gasteiger charge is 2.18. The van der Waals surface area contributed by atoms with Crippen LogP contribution in [-0.2, 0) is 0 Å². The molecule has 0 aliphatic carbocycles. The Morgan fingerprint density at radius 2 is 1.73 bits per heavy atom. The van der Waals surface area contributed by atoms with Crippen LogP contribution >= 0.6 is 0 Å². The Labute approximate surface area is 129 Å². The summed E-state index contributed by atoms with van der Waals surface area (Å²) in [6.07, 6.45) is 1.68. The van der Waals surface area contributed by atoms with Gasteiger partial charge in [-0.15, -0.1) is 0 Å². The molecule has 1 saturated heterocycles. The number of nitrogens with zero attached hydrogens (tertiary/aromatic N) is 4. The van der Waals surface area contributed by atoms with Gasteiger partial charge in [-0.3, -0.25) is 0 Å². The van der Waals surface area contributed by atoms with Gasteiger partial charge in [0.15, 0.2) is 0 Å². The average Bonchev–Trinajstić information content (AvgIpc) is 2.62. The van der Waals surface area contributed by atoms with Gasteiger partial charge in [0.05, 0.1) is 11.6 Å². The van der Waals surface area contributed by atoms with Gasteiger partial charge in [0.1, 0.15) is 5.82 Å². The molecule has 0 bridgehead atoms. The van der Waals surface area contributed by atoms with Crippen molar-refractivity contribution in [2.24, 2.45) is 0 Å². The van der Waals surface area contributed by atoms with Gasteiger partial charge in [-0.05, 0) is 36.4 Å². The number of piperazine rings is 1. The van der Waals surface area contributed by atoms with Crippen molar-refractivity contribution in [1.29, 1.82) is 5.26 Å². The molecule has 1 aliphatic rings. The Balaban J connectivity index is 1.65. The topological polar surface area (TPSA) is 78.2 Å². The molecular weight excluding hydrogens is 278 g/mol. The summed E-state index contributed by atoms with van der Waals surface area (Å²) < 4.78 is 0. The number of aromatic nitrogens is 1. The molecule has 1 aromatic carbocycles. The minimum atomic E-state index is 0.569. The van der Waals surface area contributed by atoms with E-state index in [4.69, 9.17) is 5.26 Å². The van der Waals surface area contributed by atoms with E-state index in [9.17, 15) is 5.21 Å². The van der Waals surface area contributed by atoms with Crippen LogP contribution in [0.2, 0.25) is 0 Å². The fraction of sp³-hybridized carbons (Fsp3) is 0.250. The summed E-state index contributed by atoms with van der Waals surface area (Å²) in [6, 6.07) is 13.1. The predicted molar refractivity (Wildman–Crippen MR) is 86.8 cm³/mol. The molecule has 1 aromatic heterocycles. The van der Waals surface area contributed by atoms with E-state index in [1.165, 1.54) is 0 Å². The number of hydrogen-bond acceptors (Lipinski definition) is 6. The molecule has 6 nitrogen and oxygen atoms in total. The monoisotopic (exact) mass is 294 g/mol. The van der Waals surface area contributed by atoms with E-state index in [2.05, 4.69) is 20.9 Å². The number of pyridine rings is 1. The smallest absolute Gasteiger partial charge is 0.129 e. The lowest BCUT2D eigenvalue weighted by molar-refractivity contribution is 0.647. The number of nitriles is 1. The summed E-state index contributed by atoms with van der Waals surface area (Å²) in [5.74, 6) is 0.851. The molecule has 0 saturated carbocycles. The van der Waals surface area contributed by atoms with Crippen LogP contribution in [0.5, 0.6) is 0 Å². The molecule has 112 valence electrons. The van der Waals surface area contributed by atoms with E-state index in [1.807, 2.05) is 23.7 Å². The van der Waals surface area contributed by atoms with E-state index in [-0.39, 0.29) is 0 Å². The van der Waals surface area contributed by atoms with Crippen molar-refractivity contribution in [2.75, 3.05) is 41.5 Å². The van der Waals surface area contributed by atoms with Gasteiger partial charge in [0.25, 0.3) is 0 Å². The molecule has 1 fully saturated rings. The zero-order valence-electron chi connectivity index (χ0n) is 12.1. The SMILES string of the molecule is N#Cc1ccnc(N2CCN(c3ccc(N[O-])cc3)CC2)c1. The number of hydrogen-bond donors (Lipinski definition) is 1. The van der Waals surface area contributed by atoms with Crippen LogP contribution in [0.25, 0.3) is 0 Å². The Bertz CT molecular complexity index is 672. The lowest BCUT2D eigenvalue weighted by Crippen LogP contribution is -2.46. The third-order valence-electron chi connectivity index (χ3n) is 3.83. The summed E-state index contributed by atoms with van der Waals surface area (Å²) in [6.45, 7) is 3.46. The second kappa shape index (κ2) is 6.33. The molecular formula is C16H16N5O-. The summed E-state index contributed by atoms with van der Waals surface area (Å²) in [5.41, 5.74) is 4.20. The highest BCUT2D eigenvalue weighted by Crippen LogP contribution is 2.21. The first-order valence-corrected chi connectivity index (χ1v) is 7.14. The van der Waals surface area contributed by atoms with Crippen molar-refractivity contribution >= 4 is 17.2 Å². The van der Waals surface area contributed by atoms with Gasteiger partial charge < -0.3 is 20.5 Å². The van der Waals surface area contributed by atoms with Crippen LogP contribution in [0, 0.1) is 16.5 Å². The van der Waals surface area contributed by atoms with Crippen molar-refractivity contribution in [2.45, 2.75) is 0 Å². The highest BCUT2D eigenvalue weighted by atomic mass is 16.5. The van der Waals surface area contributed by atoms with Crippen molar-refractivity contribution in [3.8, 4) is 6.07 Å². The molecule has 0 spiro atoms. The third-order valence-corrected chi connectivity index (χ3v) is 3.83. The van der Waals surface area contributed by atoms with Crippen LogP contribution in [-0.4, -0.2) is 31.2 Å². The lowest BCUT2D eigenvalue weighted by atomic mass is 10.2. The zero-order valence-corrected chi connectivity index (χ0v) is 12.1. The Hall–Kier alpha value is -2.78. The number of rotatable bonds is 3. The summed E-state index contributed by atoms with van der Waals surface area (Å²) >= 11 is 0. The molecule has 1 aliphatic heterocycles. The maximum absolute atomic E-state index is 10.6. The van der Waals surface area contributed by atoms with E-state index >= 15 is 0 Å².